The highest BCUT2D eigenvalue weighted by Gasteiger charge is 2.19. The van der Waals surface area contributed by atoms with Gasteiger partial charge in [0.05, 0.1) is 24.2 Å². The maximum absolute atomic E-state index is 12.6. The molecule has 0 saturated heterocycles. The van der Waals surface area contributed by atoms with Gasteiger partial charge in [0.2, 0.25) is 5.91 Å². The van der Waals surface area contributed by atoms with Crippen LogP contribution in [0.4, 0.5) is 16.5 Å². The first-order valence-electron chi connectivity index (χ1n) is 9.01. The van der Waals surface area contributed by atoms with Crippen molar-refractivity contribution in [2.24, 2.45) is 0 Å². The quantitative estimate of drug-likeness (QED) is 0.417. The number of hydrogen-bond donors (Lipinski definition) is 1. The lowest BCUT2D eigenvalue weighted by Crippen LogP contribution is -2.22. The van der Waals surface area contributed by atoms with Crippen LogP contribution in [0.5, 0.6) is 5.75 Å². The fourth-order valence-corrected chi connectivity index (χ4v) is 3.75. The largest absolute Gasteiger partial charge is 0.495 e. The lowest BCUT2D eigenvalue weighted by molar-refractivity contribution is -0.116. The summed E-state index contributed by atoms with van der Waals surface area (Å²) < 4.78 is 5.21. The van der Waals surface area contributed by atoms with Crippen molar-refractivity contribution in [1.82, 2.24) is 4.98 Å². The molecule has 0 spiro atoms. The number of halogens is 1. The fraction of sp³-hybridized carbons (Fsp3) is 0.0909. The highest BCUT2D eigenvalue weighted by atomic mass is 35.5. The Morgan fingerprint density at radius 1 is 1.26 bits per heavy atom. The van der Waals surface area contributed by atoms with E-state index >= 15 is 0 Å². The summed E-state index contributed by atoms with van der Waals surface area (Å²) in [4.78, 5) is 30.6. The molecular formula is C22H17ClN4O3S. The molecule has 2 aromatic carbocycles. The number of para-hydroxylation sites is 2. The number of aromatic nitrogens is 1. The smallest absolute Gasteiger partial charge is 0.266 e. The lowest BCUT2D eigenvalue weighted by Gasteiger charge is -2.18. The van der Waals surface area contributed by atoms with Crippen LogP contribution in [-0.4, -0.2) is 23.9 Å². The first-order valence-corrected chi connectivity index (χ1v) is 10.3. The van der Waals surface area contributed by atoms with E-state index in [0.717, 1.165) is 0 Å². The van der Waals surface area contributed by atoms with Gasteiger partial charge in [0.25, 0.3) is 5.91 Å². The second-order valence-corrected chi connectivity index (χ2v) is 7.49. The summed E-state index contributed by atoms with van der Waals surface area (Å²) in [6.45, 7) is 1.42. The highest BCUT2D eigenvalue weighted by molar-refractivity contribution is 7.14. The average molecular weight is 453 g/mol. The number of benzene rings is 2. The number of thiazole rings is 1. The predicted molar refractivity (Wildman–Crippen MR) is 122 cm³/mol. The minimum Gasteiger partial charge on any atom is -0.495 e. The van der Waals surface area contributed by atoms with Gasteiger partial charge in [-0.15, -0.1) is 11.3 Å². The van der Waals surface area contributed by atoms with E-state index in [1.165, 1.54) is 36.3 Å². The summed E-state index contributed by atoms with van der Waals surface area (Å²) in [5.74, 6) is -0.371. The van der Waals surface area contributed by atoms with Crippen LogP contribution in [0.1, 0.15) is 12.6 Å². The molecule has 0 aliphatic carbocycles. The highest BCUT2D eigenvalue weighted by Crippen LogP contribution is 2.31. The maximum Gasteiger partial charge on any atom is 0.266 e. The third kappa shape index (κ3) is 5.28. The van der Waals surface area contributed by atoms with Gasteiger partial charge in [-0.2, -0.15) is 5.26 Å². The van der Waals surface area contributed by atoms with Crippen LogP contribution < -0.4 is 15.0 Å². The van der Waals surface area contributed by atoms with Crippen LogP contribution in [0, 0.1) is 11.3 Å². The number of carbonyl (C=O) groups excluding carboxylic acids is 2. The standard InChI is InChI=1S/C22H17ClN4O3S/c1-14(28)27(18-7-5-6-16(23)11-18)22-25-17(13-31-22)10-15(12-24)21(29)26-19-8-3-4-9-20(19)30-2/h3-11,13H,1-2H3,(H,26,29)/b15-10+. The van der Waals surface area contributed by atoms with Gasteiger partial charge < -0.3 is 10.1 Å². The van der Waals surface area contributed by atoms with Crippen LogP contribution in [-0.2, 0) is 9.59 Å². The van der Waals surface area contributed by atoms with E-state index in [2.05, 4.69) is 10.3 Å². The molecule has 0 saturated carbocycles. The van der Waals surface area contributed by atoms with E-state index in [1.807, 2.05) is 6.07 Å². The van der Waals surface area contributed by atoms with Gasteiger partial charge >= 0.3 is 0 Å². The zero-order valence-electron chi connectivity index (χ0n) is 16.6. The molecule has 1 aromatic heterocycles. The van der Waals surface area contributed by atoms with E-state index in [4.69, 9.17) is 16.3 Å². The number of ether oxygens (including phenoxy) is 1. The number of anilines is 3. The molecule has 156 valence electrons. The molecular weight excluding hydrogens is 436 g/mol. The molecule has 1 heterocycles. The third-order valence-corrected chi connectivity index (χ3v) is 5.17. The summed E-state index contributed by atoms with van der Waals surface area (Å²) in [6, 6.07) is 15.6. The van der Waals surface area contributed by atoms with Gasteiger partial charge in [-0.1, -0.05) is 29.8 Å². The molecule has 31 heavy (non-hydrogen) atoms. The molecule has 0 unspecified atom stereocenters. The van der Waals surface area contributed by atoms with Crippen molar-refractivity contribution >= 4 is 57.3 Å². The van der Waals surface area contributed by atoms with Gasteiger partial charge in [0.1, 0.15) is 17.4 Å². The summed E-state index contributed by atoms with van der Waals surface area (Å²) in [6.07, 6.45) is 1.36. The molecule has 3 rings (SSSR count). The number of nitrogens with one attached hydrogen (secondary N) is 1. The predicted octanol–water partition coefficient (Wildman–Crippen LogP) is 5.04. The number of amides is 2. The van der Waals surface area contributed by atoms with E-state index in [1.54, 1.807) is 53.9 Å². The van der Waals surface area contributed by atoms with E-state index in [0.29, 0.717) is 33.0 Å². The summed E-state index contributed by atoms with van der Waals surface area (Å²) in [5, 5.41) is 14.7. The molecule has 0 fully saturated rings. The molecule has 2 amide bonds. The number of nitrogens with zero attached hydrogens (tertiary/aromatic N) is 3. The summed E-state index contributed by atoms with van der Waals surface area (Å²) >= 11 is 7.25. The minimum absolute atomic E-state index is 0.139. The second-order valence-electron chi connectivity index (χ2n) is 6.21. The van der Waals surface area contributed by atoms with Gasteiger partial charge in [-0.25, -0.2) is 4.98 Å². The Morgan fingerprint density at radius 3 is 2.71 bits per heavy atom. The van der Waals surface area contributed by atoms with Crippen molar-refractivity contribution in [2.45, 2.75) is 6.92 Å². The van der Waals surface area contributed by atoms with Crippen LogP contribution in [0.2, 0.25) is 5.02 Å². The number of hydrogen-bond acceptors (Lipinski definition) is 6. The topological polar surface area (TPSA) is 95.3 Å². The Labute approximate surface area is 188 Å². The second kappa shape index (κ2) is 9.89. The van der Waals surface area contributed by atoms with Crippen LogP contribution >= 0.6 is 22.9 Å². The average Bonchev–Trinajstić information content (AvgIpc) is 3.20. The molecule has 3 aromatic rings. The Morgan fingerprint density at radius 2 is 2.03 bits per heavy atom. The van der Waals surface area contributed by atoms with E-state index < -0.39 is 5.91 Å². The molecule has 0 radical (unpaired) electrons. The van der Waals surface area contributed by atoms with Crippen molar-refractivity contribution in [2.75, 3.05) is 17.3 Å². The molecule has 9 heteroatoms. The molecule has 1 N–H and O–H groups in total. The van der Waals surface area contributed by atoms with Crippen molar-refractivity contribution in [3.63, 3.8) is 0 Å². The summed E-state index contributed by atoms with van der Waals surface area (Å²) in [5.41, 5.74) is 1.25. The molecule has 0 bridgehead atoms. The van der Waals surface area contributed by atoms with Crippen LogP contribution in [0.3, 0.4) is 0 Å². The van der Waals surface area contributed by atoms with Crippen molar-refractivity contribution in [3.05, 3.63) is 70.2 Å². The Bertz CT molecular complexity index is 1200. The number of carbonyl (C=O) groups is 2. The monoisotopic (exact) mass is 452 g/mol. The van der Waals surface area contributed by atoms with Gasteiger partial charge in [-0.05, 0) is 36.4 Å². The van der Waals surface area contributed by atoms with Crippen molar-refractivity contribution in [1.29, 1.82) is 5.26 Å². The first kappa shape index (κ1) is 22.0. The fourth-order valence-electron chi connectivity index (χ4n) is 2.72. The SMILES string of the molecule is COc1ccccc1NC(=O)/C(C#N)=C/c1csc(N(C(C)=O)c2cccc(Cl)c2)n1. The van der Waals surface area contributed by atoms with E-state index in [-0.39, 0.29) is 11.5 Å². The van der Waals surface area contributed by atoms with Crippen molar-refractivity contribution < 1.29 is 14.3 Å². The van der Waals surface area contributed by atoms with Gasteiger partial charge in [0, 0.05) is 17.3 Å². The van der Waals surface area contributed by atoms with Gasteiger partial charge in [-0.3, -0.25) is 14.5 Å². The van der Waals surface area contributed by atoms with Crippen LogP contribution in [0.15, 0.2) is 59.5 Å². The molecule has 7 nitrogen and oxygen atoms in total. The Balaban J connectivity index is 1.87. The number of nitriles is 1. The minimum atomic E-state index is -0.597. The zero-order valence-corrected chi connectivity index (χ0v) is 18.2. The maximum atomic E-state index is 12.6. The van der Waals surface area contributed by atoms with Crippen LogP contribution in [0.25, 0.3) is 6.08 Å². The molecule has 0 aliphatic heterocycles. The Hall–Kier alpha value is -3.67. The molecule has 0 aliphatic rings. The lowest BCUT2D eigenvalue weighted by atomic mass is 10.2. The number of methoxy groups -OCH3 is 1. The normalized spacial score (nSPS) is 10.8. The summed E-state index contributed by atoms with van der Waals surface area (Å²) in [7, 11) is 1.49. The third-order valence-electron chi connectivity index (χ3n) is 4.09. The molecule has 0 atom stereocenters. The number of rotatable bonds is 6. The first-order chi connectivity index (χ1) is 14.9. The van der Waals surface area contributed by atoms with Gasteiger partial charge in [0.15, 0.2) is 5.13 Å². The zero-order chi connectivity index (χ0) is 22.4. The van der Waals surface area contributed by atoms with Crippen molar-refractivity contribution in [3.8, 4) is 11.8 Å². The van der Waals surface area contributed by atoms with E-state index in [9.17, 15) is 14.9 Å². The Kier molecular flexibility index (Phi) is 7.03.